The lowest BCUT2D eigenvalue weighted by molar-refractivity contribution is 0.201. The SMILES string of the molecule is Cl.NCCc1ccc(OCCO)cc1. The average molecular weight is 218 g/mol. The van der Waals surface area contributed by atoms with Gasteiger partial charge in [-0.2, -0.15) is 0 Å². The maximum absolute atomic E-state index is 8.52. The Hall–Kier alpha value is -0.770. The Bertz CT molecular complexity index is 238. The lowest BCUT2D eigenvalue weighted by Crippen LogP contribution is -2.03. The van der Waals surface area contributed by atoms with Crippen LogP contribution in [0, 0.1) is 0 Å². The van der Waals surface area contributed by atoms with Crippen LogP contribution in [0.2, 0.25) is 0 Å². The molecule has 0 atom stereocenters. The zero-order valence-corrected chi connectivity index (χ0v) is 8.80. The maximum atomic E-state index is 8.52. The van der Waals surface area contributed by atoms with Gasteiger partial charge in [0.25, 0.3) is 0 Å². The van der Waals surface area contributed by atoms with E-state index in [1.54, 1.807) is 0 Å². The molecule has 0 radical (unpaired) electrons. The fourth-order valence-electron chi connectivity index (χ4n) is 1.08. The average Bonchev–Trinajstić information content (AvgIpc) is 2.17. The van der Waals surface area contributed by atoms with Crippen LogP contribution in [0.5, 0.6) is 5.75 Å². The van der Waals surface area contributed by atoms with E-state index in [2.05, 4.69) is 0 Å². The number of nitrogens with two attached hydrogens (primary N) is 1. The Morgan fingerprint density at radius 2 is 1.86 bits per heavy atom. The third kappa shape index (κ3) is 4.46. The van der Waals surface area contributed by atoms with Gasteiger partial charge in [0.2, 0.25) is 0 Å². The number of ether oxygens (including phenoxy) is 1. The van der Waals surface area contributed by atoms with Crippen LogP contribution in [0.4, 0.5) is 0 Å². The molecule has 0 saturated heterocycles. The molecule has 1 aromatic carbocycles. The van der Waals surface area contributed by atoms with Crippen molar-refractivity contribution >= 4 is 12.4 Å². The summed E-state index contributed by atoms with van der Waals surface area (Å²) >= 11 is 0. The fraction of sp³-hybridized carbons (Fsp3) is 0.400. The summed E-state index contributed by atoms with van der Waals surface area (Å²) < 4.78 is 5.21. The lowest BCUT2D eigenvalue weighted by Gasteiger charge is -2.04. The second-order valence-corrected chi connectivity index (χ2v) is 2.75. The van der Waals surface area contributed by atoms with Crippen LogP contribution >= 0.6 is 12.4 Å². The predicted octanol–water partition coefficient (Wildman–Crippen LogP) is 0.981. The van der Waals surface area contributed by atoms with Crippen molar-refractivity contribution in [1.29, 1.82) is 0 Å². The van der Waals surface area contributed by atoms with Gasteiger partial charge in [0.05, 0.1) is 6.61 Å². The van der Waals surface area contributed by atoms with Crippen LogP contribution < -0.4 is 10.5 Å². The Morgan fingerprint density at radius 3 is 2.36 bits per heavy atom. The van der Waals surface area contributed by atoms with Crippen molar-refractivity contribution in [3.63, 3.8) is 0 Å². The van der Waals surface area contributed by atoms with Crippen LogP contribution in [0.15, 0.2) is 24.3 Å². The molecule has 0 heterocycles. The molecule has 0 aromatic heterocycles. The van der Waals surface area contributed by atoms with Crippen molar-refractivity contribution in [2.45, 2.75) is 6.42 Å². The van der Waals surface area contributed by atoms with E-state index in [0.717, 1.165) is 12.2 Å². The highest BCUT2D eigenvalue weighted by Gasteiger charge is 1.93. The molecule has 0 aliphatic carbocycles. The summed E-state index contributed by atoms with van der Waals surface area (Å²) in [5, 5.41) is 8.52. The highest BCUT2D eigenvalue weighted by atomic mass is 35.5. The highest BCUT2D eigenvalue weighted by molar-refractivity contribution is 5.85. The molecule has 3 nitrogen and oxygen atoms in total. The molecule has 4 heteroatoms. The standard InChI is InChI=1S/C10H15NO2.ClH/c11-6-5-9-1-3-10(4-2-9)13-8-7-12;/h1-4,12H,5-8,11H2;1H. The molecule has 14 heavy (non-hydrogen) atoms. The Balaban J connectivity index is 0.00000169. The van der Waals surface area contributed by atoms with Gasteiger partial charge in [0.1, 0.15) is 12.4 Å². The molecule has 0 spiro atoms. The van der Waals surface area contributed by atoms with Crippen LogP contribution in [0.3, 0.4) is 0 Å². The normalized spacial score (nSPS) is 9.29. The van der Waals surface area contributed by atoms with E-state index < -0.39 is 0 Å². The largest absolute Gasteiger partial charge is 0.491 e. The zero-order valence-electron chi connectivity index (χ0n) is 7.98. The molecule has 0 saturated carbocycles. The number of aliphatic hydroxyl groups is 1. The molecule has 0 fully saturated rings. The number of benzene rings is 1. The minimum absolute atomic E-state index is 0. The summed E-state index contributed by atoms with van der Waals surface area (Å²) in [5.41, 5.74) is 6.62. The first kappa shape index (κ1) is 13.2. The number of halogens is 1. The summed E-state index contributed by atoms with van der Waals surface area (Å²) in [6.45, 7) is 1.05. The summed E-state index contributed by atoms with van der Waals surface area (Å²) in [4.78, 5) is 0. The van der Waals surface area contributed by atoms with Crippen molar-refractivity contribution in [3.05, 3.63) is 29.8 Å². The molecule has 1 aromatic rings. The van der Waals surface area contributed by atoms with Gasteiger partial charge < -0.3 is 15.6 Å². The monoisotopic (exact) mass is 217 g/mol. The van der Waals surface area contributed by atoms with Crippen LogP contribution in [-0.2, 0) is 6.42 Å². The Labute approximate surface area is 90.3 Å². The highest BCUT2D eigenvalue weighted by Crippen LogP contribution is 2.11. The molecular formula is C10H16ClNO2. The fourth-order valence-corrected chi connectivity index (χ4v) is 1.08. The van der Waals surface area contributed by atoms with E-state index in [9.17, 15) is 0 Å². The third-order valence-corrected chi connectivity index (χ3v) is 1.72. The summed E-state index contributed by atoms with van der Waals surface area (Å²) in [5.74, 6) is 0.787. The van der Waals surface area contributed by atoms with E-state index in [4.69, 9.17) is 15.6 Å². The van der Waals surface area contributed by atoms with Crippen LogP contribution in [0.1, 0.15) is 5.56 Å². The van der Waals surface area contributed by atoms with Crippen LogP contribution in [0.25, 0.3) is 0 Å². The summed E-state index contributed by atoms with van der Waals surface area (Å²) in [7, 11) is 0. The third-order valence-electron chi connectivity index (χ3n) is 1.72. The van der Waals surface area contributed by atoms with E-state index in [-0.39, 0.29) is 19.0 Å². The minimum Gasteiger partial charge on any atom is -0.491 e. The first-order chi connectivity index (χ1) is 6.36. The Kier molecular flexibility index (Phi) is 7.20. The van der Waals surface area contributed by atoms with Crippen molar-refractivity contribution in [2.75, 3.05) is 19.8 Å². The van der Waals surface area contributed by atoms with Gasteiger partial charge in [-0.1, -0.05) is 12.1 Å². The van der Waals surface area contributed by atoms with Gasteiger partial charge in [0, 0.05) is 0 Å². The number of rotatable bonds is 5. The number of hydrogen-bond acceptors (Lipinski definition) is 3. The van der Waals surface area contributed by atoms with Gasteiger partial charge in [0.15, 0.2) is 0 Å². The molecular weight excluding hydrogens is 202 g/mol. The maximum Gasteiger partial charge on any atom is 0.119 e. The summed E-state index contributed by atoms with van der Waals surface area (Å²) in [6, 6.07) is 7.75. The van der Waals surface area contributed by atoms with E-state index >= 15 is 0 Å². The molecule has 0 aliphatic heterocycles. The topological polar surface area (TPSA) is 55.5 Å². The van der Waals surface area contributed by atoms with Gasteiger partial charge in [-0.05, 0) is 30.7 Å². The quantitative estimate of drug-likeness (QED) is 0.773. The van der Waals surface area contributed by atoms with E-state index in [1.807, 2.05) is 24.3 Å². The van der Waals surface area contributed by atoms with E-state index in [1.165, 1.54) is 5.56 Å². The zero-order chi connectivity index (χ0) is 9.52. The molecule has 0 bridgehead atoms. The summed E-state index contributed by atoms with van der Waals surface area (Å²) in [6.07, 6.45) is 0.889. The van der Waals surface area contributed by atoms with Crippen molar-refractivity contribution in [3.8, 4) is 5.75 Å². The minimum atomic E-state index is 0. The smallest absolute Gasteiger partial charge is 0.119 e. The number of aliphatic hydroxyl groups excluding tert-OH is 1. The molecule has 0 amide bonds. The second kappa shape index (κ2) is 7.62. The molecule has 3 N–H and O–H groups in total. The van der Waals surface area contributed by atoms with Gasteiger partial charge >= 0.3 is 0 Å². The Morgan fingerprint density at radius 1 is 1.21 bits per heavy atom. The molecule has 80 valence electrons. The van der Waals surface area contributed by atoms with Crippen molar-refractivity contribution in [2.24, 2.45) is 5.73 Å². The van der Waals surface area contributed by atoms with Crippen molar-refractivity contribution < 1.29 is 9.84 Å². The van der Waals surface area contributed by atoms with Crippen LogP contribution in [-0.4, -0.2) is 24.9 Å². The van der Waals surface area contributed by atoms with Gasteiger partial charge in [-0.15, -0.1) is 12.4 Å². The number of hydrogen-bond donors (Lipinski definition) is 2. The second-order valence-electron chi connectivity index (χ2n) is 2.75. The first-order valence-electron chi connectivity index (χ1n) is 4.39. The van der Waals surface area contributed by atoms with E-state index in [0.29, 0.717) is 13.2 Å². The molecule has 1 rings (SSSR count). The predicted molar refractivity (Wildman–Crippen MR) is 59.0 cm³/mol. The van der Waals surface area contributed by atoms with Gasteiger partial charge in [-0.3, -0.25) is 0 Å². The van der Waals surface area contributed by atoms with Gasteiger partial charge in [-0.25, -0.2) is 0 Å². The first-order valence-corrected chi connectivity index (χ1v) is 4.39. The van der Waals surface area contributed by atoms with Crippen molar-refractivity contribution in [1.82, 2.24) is 0 Å². The molecule has 0 aliphatic rings. The lowest BCUT2D eigenvalue weighted by atomic mass is 10.1. The molecule has 0 unspecified atom stereocenters.